The molecule has 2 aromatic rings. The van der Waals surface area contributed by atoms with E-state index in [9.17, 15) is 4.79 Å². The average Bonchev–Trinajstić information content (AvgIpc) is 3.08. The van der Waals surface area contributed by atoms with Crippen LogP contribution in [0.25, 0.3) is 0 Å². The van der Waals surface area contributed by atoms with E-state index < -0.39 is 0 Å². The molecule has 1 aliphatic rings. The van der Waals surface area contributed by atoms with Gasteiger partial charge in [0.05, 0.1) is 24.4 Å². The molecule has 0 saturated carbocycles. The zero-order chi connectivity index (χ0) is 16.6. The zero-order valence-corrected chi connectivity index (χ0v) is 13.9. The maximum atomic E-state index is 12.5. The van der Waals surface area contributed by atoms with Crippen LogP contribution in [0.2, 0.25) is 0 Å². The first-order valence-corrected chi connectivity index (χ1v) is 7.90. The SMILES string of the molecule is CCn1nc(C(=O)NCc2n[nH]c(C)n2)c2c1[C@H](C)O[C@H](C)C2. The molecule has 3 rings (SSSR count). The Morgan fingerprint density at radius 2 is 2.26 bits per heavy atom. The molecule has 8 heteroatoms. The van der Waals surface area contributed by atoms with Gasteiger partial charge in [-0.25, -0.2) is 4.98 Å². The fourth-order valence-corrected chi connectivity index (χ4v) is 3.05. The Labute approximate surface area is 134 Å². The Morgan fingerprint density at radius 1 is 1.48 bits per heavy atom. The van der Waals surface area contributed by atoms with Crippen LogP contribution >= 0.6 is 0 Å². The summed E-state index contributed by atoms with van der Waals surface area (Å²) in [6.45, 7) is 8.83. The molecule has 2 atom stereocenters. The molecule has 0 spiro atoms. The van der Waals surface area contributed by atoms with Crippen LogP contribution in [0.4, 0.5) is 0 Å². The van der Waals surface area contributed by atoms with Gasteiger partial charge in [-0.2, -0.15) is 10.2 Å². The minimum atomic E-state index is -0.197. The van der Waals surface area contributed by atoms with Crippen molar-refractivity contribution in [2.24, 2.45) is 0 Å². The molecule has 2 N–H and O–H groups in total. The van der Waals surface area contributed by atoms with Gasteiger partial charge in [-0.15, -0.1) is 0 Å². The van der Waals surface area contributed by atoms with Crippen LogP contribution in [0, 0.1) is 6.92 Å². The molecule has 8 nitrogen and oxygen atoms in total. The first kappa shape index (κ1) is 15.7. The molecule has 1 aliphatic heterocycles. The molecular formula is C15H22N6O2. The largest absolute Gasteiger partial charge is 0.369 e. The van der Waals surface area contributed by atoms with Crippen molar-refractivity contribution in [2.75, 3.05) is 0 Å². The third-order valence-corrected chi connectivity index (χ3v) is 3.97. The molecule has 0 radical (unpaired) electrons. The summed E-state index contributed by atoms with van der Waals surface area (Å²) in [6.07, 6.45) is 0.718. The van der Waals surface area contributed by atoms with Crippen LogP contribution in [0.15, 0.2) is 0 Å². The highest BCUT2D eigenvalue weighted by Gasteiger charge is 2.31. The summed E-state index contributed by atoms with van der Waals surface area (Å²) in [5.41, 5.74) is 2.47. The minimum absolute atomic E-state index is 0.0570. The zero-order valence-electron chi connectivity index (χ0n) is 13.9. The number of hydrogen-bond donors (Lipinski definition) is 2. The maximum absolute atomic E-state index is 12.5. The summed E-state index contributed by atoms with van der Waals surface area (Å²) < 4.78 is 7.72. The highest BCUT2D eigenvalue weighted by molar-refractivity contribution is 5.94. The van der Waals surface area contributed by atoms with Crippen LogP contribution in [-0.2, 0) is 24.2 Å². The molecule has 0 bridgehead atoms. The lowest BCUT2D eigenvalue weighted by atomic mass is 9.99. The molecule has 0 aliphatic carbocycles. The molecule has 0 fully saturated rings. The number of hydrogen-bond acceptors (Lipinski definition) is 5. The lowest BCUT2D eigenvalue weighted by Gasteiger charge is -2.26. The number of rotatable bonds is 4. The lowest BCUT2D eigenvalue weighted by Crippen LogP contribution is -2.27. The van der Waals surface area contributed by atoms with Crippen molar-refractivity contribution < 1.29 is 9.53 Å². The molecule has 0 saturated heterocycles. The smallest absolute Gasteiger partial charge is 0.272 e. The highest BCUT2D eigenvalue weighted by Crippen LogP contribution is 2.32. The van der Waals surface area contributed by atoms with Crippen LogP contribution in [0.5, 0.6) is 0 Å². The Kier molecular flexibility index (Phi) is 4.16. The second-order valence-corrected chi connectivity index (χ2v) is 5.84. The molecular weight excluding hydrogens is 296 g/mol. The van der Waals surface area contributed by atoms with E-state index in [4.69, 9.17) is 4.74 Å². The van der Waals surface area contributed by atoms with Crippen molar-refractivity contribution >= 4 is 5.91 Å². The van der Waals surface area contributed by atoms with E-state index in [2.05, 4.69) is 25.6 Å². The monoisotopic (exact) mass is 318 g/mol. The Morgan fingerprint density at radius 3 is 2.91 bits per heavy atom. The van der Waals surface area contributed by atoms with Gasteiger partial charge in [-0.3, -0.25) is 14.6 Å². The summed E-state index contributed by atoms with van der Waals surface area (Å²) in [7, 11) is 0. The number of ether oxygens (including phenoxy) is 1. The number of carbonyl (C=O) groups is 1. The van der Waals surface area contributed by atoms with Crippen LogP contribution in [-0.4, -0.2) is 37.0 Å². The predicted molar refractivity (Wildman–Crippen MR) is 82.9 cm³/mol. The number of amides is 1. The number of aromatic amines is 1. The Balaban J connectivity index is 1.83. The molecule has 2 aromatic heterocycles. The third-order valence-electron chi connectivity index (χ3n) is 3.97. The van der Waals surface area contributed by atoms with Gasteiger partial charge >= 0.3 is 0 Å². The molecule has 0 aromatic carbocycles. The Hall–Kier alpha value is -2.22. The number of fused-ring (bicyclic) bond motifs is 1. The standard InChI is InChI=1S/C15H22N6O2/c1-5-21-14-9(3)23-8(2)6-11(14)13(20-21)15(22)16-7-12-17-10(4)18-19-12/h8-9H,5-7H2,1-4H3,(H,16,22)(H,17,18,19)/t8-,9+/m1/s1. The number of aromatic nitrogens is 5. The van der Waals surface area contributed by atoms with Gasteiger partial charge in [0, 0.05) is 18.5 Å². The summed E-state index contributed by atoms with van der Waals surface area (Å²) in [5, 5.41) is 14.1. The first-order valence-electron chi connectivity index (χ1n) is 7.90. The van der Waals surface area contributed by atoms with Crippen molar-refractivity contribution in [3.63, 3.8) is 0 Å². The quantitative estimate of drug-likeness (QED) is 0.885. The molecule has 0 unspecified atom stereocenters. The van der Waals surface area contributed by atoms with Crippen LogP contribution < -0.4 is 5.32 Å². The van der Waals surface area contributed by atoms with Gasteiger partial charge in [0.1, 0.15) is 5.82 Å². The molecule has 1 amide bonds. The molecule has 124 valence electrons. The van der Waals surface area contributed by atoms with Crippen molar-refractivity contribution in [3.05, 3.63) is 28.6 Å². The van der Waals surface area contributed by atoms with E-state index in [-0.39, 0.29) is 24.7 Å². The summed E-state index contributed by atoms with van der Waals surface area (Å²) >= 11 is 0. The summed E-state index contributed by atoms with van der Waals surface area (Å²) in [5.74, 6) is 1.09. The first-order chi connectivity index (χ1) is 11.0. The van der Waals surface area contributed by atoms with Crippen LogP contribution in [0.3, 0.4) is 0 Å². The summed E-state index contributed by atoms with van der Waals surface area (Å²) in [6, 6.07) is 0. The van der Waals surface area contributed by atoms with Gasteiger partial charge < -0.3 is 10.1 Å². The van der Waals surface area contributed by atoms with E-state index in [1.165, 1.54) is 0 Å². The fraction of sp³-hybridized carbons (Fsp3) is 0.600. The van der Waals surface area contributed by atoms with E-state index in [1.54, 1.807) is 0 Å². The second kappa shape index (κ2) is 6.11. The van der Waals surface area contributed by atoms with Gasteiger partial charge in [0.15, 0.2) is 11.5 Å². The van der Waals surface area contributed by atoms with Crippen molar-refractivity contribution in [1.29, 1.82) is 0 Å². The second-order valence-electron chi connectivity index (χ2n) is 5.84. The predicted octanol–water partition coefficient (Wildman–Crippen LogP) is 1.28. The van der Waals surface area contributed by atoms with E-state index in [0.717, 1.165) is 17.1 Å². The fourth-order valence-electron chi connectivity index (χ4n) is 3.05. The van der Waals surface area contributed by atoms with E-state index in [0.29, 0.717) is 24.5 Å². The average molecular weight is 318 g/mol. The number of aryl methyl sites for hydroxylation is 2. The van der Waals surface area contributed by atoms with E-state index in [1.807, 2.05) is 32.4 Å². The Bertz CT molecular complexity index is 720. The molecule has 23 heavy (non-hydrogen) atoms. The number of nitrogens with zero attached hydrogens (tertiary/aromatic N) is 4. The molecule has 3 heterocycles. The van der Waals surface area contributed by atoms with Crippen molar-refractivity contribution in [1.82, 2.24) is 30.3 Å². The number of H-pyrrole nitrogens is 1. The minimum Gasteiger partial charge on any atom is -0.369 e. The normalized spacial score (nSPS) is 20.3. The maximum Gasteiger partial charge on any atom is 0.272 e. The van der Waals surface area contributed by atoms with E-state index >= 15 is 0 Å². The topological polar surface area (TPSA) is 97.7 Å². The van der Waals surface area contributed by atoms with Gasteiger partial charge in [0.2, 0.25) is 0 Å². The number of nitrogens with one attached hydrogen (secondary N) is 2. The highest BCUT2D eigenvalue weighted by atomic mass is 16.5. The summed E-state index contributed by atoms with van der Waals surface area (Å²) in [4.78, 5) is 16.7. The number of carbonyl (C=O) groups excluding carboxylic acids is 1. The lowest BCUT2D eigenvalue weighted by molar-refractivity contribution is -0.00948. The van der Waals surface area contributed by atoms with Crippen LogP contribution in [0.1, 0.15) is 60.3 Å². The van der Waals surface area contributed by atoms with Gasteiger partial charge in [0.25, 0.3) is 5.91 Å². The van der Waals surface area contributed by atoms with Gasteiger partial charge in [-0.1, -0.05) is 0 Å². The van der Waals surface area contributed by atoms with Gasteiger partial charge in [-0.05, 0) is 27.7 Å². The van der Waals surface area contributed by atoms with Crippen molar-refractivity contribution in [2.45, 2.75) is 59.4 Å². The van der Waals surface area contributed by atoms with Crippen molar-refractivity contribution in [3.8, 4) is 0 Å². The third kappa shape index (κ3) is 2.98.